The Hall–Kier alpha value is -2.33. The average molecular weight is 321 g/mol. The number of likely N-dealkylation sites (N-methyl/N-ethyl adjacent to an activating group) is 1. The molecule has 0 saturated carbocycles. The van der Waals surface area contributed by atoms with Gasteiger partial charge < -0.3 is 15.4 Å². The summed E-state index contributed by atoms with van der Waals surface area (Å²) in [5, 5.41) is 0. The standard InChI is InChI=1S/C20H23N3O/c1-23-10-9-19-18(12-23)17-11-15(24-2)7-8-16(17)20(22-19)13-3-5-14(21)6-4-13/h3-8,11,18-19H,9-10,12,21H2,1-2H3/t18-,19-/m0/s1. The number of nitrogens with two attached hydrogens (primary N) is 1. The van der Waals surface area contributed by atoms with E-state index < -0.39 is 0 Å². The molecular formula is C20H23N3O. The number of nitrogen functional groups attached to an aromatic ring is 1. The van der Waals surface area contributed by atoms with Crippen molar-refractivity contribution >= 4 is 11.4 Å². The number of benzene rings is 2. The van der Waals surface area contributed by atoms with Gasteiger partial charge in [-0.25, -0.2) is 0 Å². The van der Waals surface area contributed by atoms with Crippen molar-refractivity contribution in [2.24, 2.45) is 4.99 Å². The number of methoxy groups -OCH3 is 1. The minimum absolute atomic E-state index is 0.341. The predicted octanol–water partition coefficient (Wildman–Crippen LogP) is 2.92. The minimum Gasteiger partial charge on any atom is -0.497 e. The van der Waals surface area contributed by atoms with Crippen LogP contribution in [0.1, 0.15) is 29.0 Å². The SMILES string of the molecule is COc1ccc2c(c1)[C@@H]1CN(C)CC[C@@H]1N=C2c1ccc(N)cc1. The van der Waals surface area contributed by atoms with Crippen LogP contribution in [0.2, 0.25) is 0 Å². The highest BCUT2D eigenvalue weighted by molar-refractivity contribution is 6.14. The topological polar surface area (TPSA) is 50.8 Å². The normalized spacial score (nSPS) is 23.2. The summed E-state index contributed by atoms with van der Waals surface area (Å²) in [5.74, 6) is 1.35. The van der Waals surface area contributed by atoms with Crippen molar-refractivity contribution in [2.75, 3.05) is 33.0 Å². The molecule has 124 valence electrons. The van der Waals surface area contributed by atoms with Gasteiger partial charge in [-0.2, -0.15) is 0 Å². The van der Waals surface area contributed by atoms with Gasteiger partial charge >= 0.3 is 0 Å². The maximum Gasteiger partial charge on any atom is 0.119 e. The van der Waals surface area contributed by atoms with Crippen molar-refractivity contribution in [3.63, 3.8) is 0 Å². The molecular weight excluding hydrogens is 298 g/mol. The fraction of sp³-hybridized carbons (Fsp3) is 0.350. The Balaban J connectivity index is 1.85. The number of hydrogen-bond acceptors (Lipinski definition) is 4. The van der Waals surface area contributed by atoms with Crippen LogP contribution in [0.25, 0.3) is 0 Å². The number of hydrogen-bond donors (Lipinski definition) is 1. The summed E-state index contributed by atoms with van der Waals surface area (Å²) in [6.45, 7) is 2.14. The molecule has 0 aliphatic carbocycles. The van der Waals surface area contributed by atoms with Gasteiger partial charge in [0.05, 0.1) is 18.9 Å². The van der Waals surface area contributed by atoms with Gasteiger partial charge in [0.25, 0.3) is 0 Å². The highest BCUT2D eigenvalue weighted by atomic mass is 16.5. The second-order valence-electron chi connectivity index (χ2n) is 6.78. The molecule has 0 radical (unpaired) electrons. The molecule has 2 atom stereocenters. The van der Waals surface area contributed by atoms with E-state index in [9.17, 15) is 0 Å². The first kappa shape index (κ1) is 15.2. The van der Waals surface area contributed by atoms with E-state index in [0.29, 0.717) is 12.0 Å². The first-order valence-corrected chi connectivity index (χ1v) is 8.46. The zero-order valence-corrected chi connectivity index (χ0v) is 14.2. The van der Waals surface area contributed by atoms with E-state index in [4.69, 9.17) is 15.5 Å². The Labute approximate surface area is 143 Å². The molecule has 0 spiro atoms. The summed E-state index contributed by atoms with van der Waals surface area (Å²) in [6.07, 6.45) is 1.09. The predicted molar refractivity (Wildman–Crippen MR) is 98.1 cm³/mol. The van der Waals surface area contributed by atoms with Crippen LogP contribution in [0.4, 0.5) is 5.69 Å². The molecule has 0 unspecified atom stereocenters. The summed E-state index contributed by atoms with van der Waals surface area (Å²) in [6, 6.07) is 14.7. The van der Waals surface area contributed by atoms with Gasteiger partial charge in [-0.15, -0.1) is 0 Å². The van der Waals surface area contributed by atoms with Crippen molar-refractivity contribution in [3.05, 3.63) is 59.2 Å². The van der Waals surface area contributed by atoms with Crippen LogP contribution < -0.4 is 10.5 Å². The number of fused-ring (bicyclic) bond motifs is 3. The van der Waals surface area contributed by atoms with Crippen LogP contribution in [-0.2, 0) is 0 Å². The van der Waals surface area contributed by atoms with Gasteiger partial charge in [0.15, 0.2) is 0 Å². The zero-order chi connectivity index (χ0) is 16.7. The Morgan fingerprint density at radius 1 is 1.17 bits per heavy atom. The second-order valence-corrected chi connectivity index (χ2v) is 6.78. The molecule has 4 nitrogen and oxygen atoms in total. The minimum atomic E-state index is 0.341. The monoisotopic (exact) mass is 321 g/mol. The van der Waals surface area contributed by atoms with E-state index in [1.807, 2.05) is 18.2 Å². The molecule has 2 heterocycles. The van der Waals surface area contributed by atoms with E-state index in [0.717, 1.165) is 42.2 Å². The van der Waals surface area contributed by atoms with Crippen molar-refractivity contribution in [1.82, 2.24) is 4.90 Å². The van der Waals surface area contributed by atoms with E-state index in [2.05, 4.69) is 36.2 Å². The highest BCUT2D eigenvalue weighted by Gasteiger charge is 2.35. The molecule has 4 heteroatoms. The molecule has 2 aromatic carbocycles. The first-order valence-electron chi connectivity index (χ1n) is 8.46. The molecule has 2 aliphatic rings. The Morgan fingerprint density at radius 2 is 1.96 bits per heavy atom. The smallest absolute Gasteiger partial charge is 0.119 e. The van der Waals surface area contributed by atoms with E-state index in [1.165, 1.54) is 11.1 Å². The Bertz CT molecular complexity index is 782. The lowest BCUT2D eigenvalue weighted by Gasteiger charge is -2.39. The summed E-state index contributed by atoms with van der Waals surface area (Å²) >= 11 is 0. The fourth-order valence-corrected chi connectivity index (χ4v) is 3.86. The summed E-state index contributed by atoms with van der Waals surface area (Å²) in [7, 11) is 3.92. The number of likely N-dealkylation sites (tertiary alicyclic amines) is 1. The van der Waals surface area contributed by atoms with Crippen molar-refractivity contribution < 1.29 is 4.74 Å². The molecule has 1 fully saturated rings. The largest absolute Gasteiger partial charge is 0.497 e. The molecule has 0 bridgehead atoms. The lowest BCUT2D eigenvalue weighted by atomic mass is 9.79. The van der Waals surface area contributed by atoms with E-state index >= 15 is 0 Å². The molecule has 4 rings (SSSR count). The molecule has 2 aromatic rings. The van der Waals surface area contributed by atoms with Gasteiger partial charge in [0.2, 0.25) is 0 Å². The van der Waals surface area contributed by atoms with Crippen molar-refractivity contribution in [2.45, 2.75) is 18.4 Å². The number of piperidine rings is 1. The Morgan fingerprint density at radius 3 is 2.71 bits per heavy atom. The highest BCUT2D eigenvalue weighted by Crippen LogP contribution is 2.38. The molecule has 2 aliphatic heterocycles. The molecule has 24 heavy (non-hydrogen) atoms. The number of anilines is 1. The van der Waals surface area contributed by atoms with Gasteiger partial charge in [-0.05, 0) is 55.9 Å². The third-order valence-corrected chi connectivity index (χ3v) is 5.17. The fourth-order valence-electron chi connectivity index (χ4n) is 3.86. The van der Waals surface area contributed by atoms with Crippen LogP contribution in [0.5, 0.6) is 5.75 Å². The lowest BCUT2D eigenvalue weighted by Crippen LogP contribution is -2.41. The second kappa shape index (κ2) is 5.95. The van der Waals surface area contributed by atoms with Gasteiger partial charge in [0.1, 0.15) is 5.75 Å². The van der Waals surface area contributed by atoms with Crippen LogP contribution in [0, 0.1) is 0 Å². The maximum atomic E-state index is 5.85. The van der Waals surface area contributed by atoms with E-state index in [1.54, 1.807) is 7.11 Å². The lowest BCUT2D eigenvalue weighted by molar-refractivity contribution is 0.227. The maximum absolute atomic E-state index is 5.85. The van der Waals surface area contributed by atoms with Gasteiger partial charge in [-0.1, -0.05) is 12.1 Å². The van der Waals surface area contributed by atoms with E-state index in [-0.39, 0.29) is 0 Å². The summed E-state index contributed by atoms with van der Waals surface area (Å²) in [4.78, 5) is 7.54. The third kappa shape index (κ3) is 2.57. The number of rotatable bonds is 2. The first-order chi connectivity index (χ1) is 11.7. The van der Waals surface area contributed by atoms with Crippen LogP contribution >= 0.6 is 0 Å². The molecule has 2 N–H and O–H groups in total. The van der Waals surface area contributed by atoms with Gasteiger partial charge in [0, 0.05) is 29.3 Å². The Kier molecular flexibility index (Phi) is 3.77. The van der Waals surface area contributed by atoms with Crippen LogP contribution in [0.3, 0.4) is 0 Å². The number of ether oxygens (including phenoxy) is 1. The molecule has 0 amide bonds. The average Bonchev–Trinajstić information content (AvgIpc) is 2.61. The third-order valence-electron chi connectivity index (χ3n) is 5.17. The zero-order valence-electron chi connectivity index (χ0n) is 14.2. The molecule has 1 saturated heterocycles. The number of nitrogens with zero attached hydrogens (tertiary/aromatic N) is 2. The quantitative estimate of drug-likeness (QED) is 0.865. The van der Waals surface area contributed by atoms with Crippen LogP contribution in [0.15, 0.2) is 47.5 Å². The van der Waals surface area contributed by atoms with Crippen LogP contribution in [-0.4, -0.2) is 43.9 Å². The van der Waals surface area contributed by atoms with Crippen molar-refractivity contribution in [1.29, 1.82) is 0 Å². The summed E-state index contributed by atoms with van der Waals surface area (Å²) < 4.78 is 5.47. The molecule has 0 aromatic heterocycles. The van der Waals surface area contributed by atoms with Gasteiger partial charge in [-0.3, -0.25) is 4.99 Å². The summed E-state index contributed by atoms with van der Waals surface area (Å²) in [5.41, 5.74) is 11.4. The number of aliphatic imine (C=N–C) groups is 1. The van der Waals surface area contributed by atoms with Crippen molar-refractivity contribution in [3.8, 4) is 5.75 Å².